The first kappa shape index (κ1) is 29.0. The summed E-state index contributed by atoms with van der Waals surface area (Å²) >= 11 is 5.57. The van der Waals surface area contributed by atoms with E-state index in [1.807, 2.05) is 0 Å². The summed E-state index contributed by atoms with van der Waals surface area (Å²) in [6.07, 6.45) is -2.37. The standard InChI is InChI=1S/C25H24ClF3N4O4S/c1-24(2,18-12-16(14-30)22(36-11-9-26)21(13-18)25(27,28)29)17-4-6-20(7-5-17)37-15-19-8-10-31-23(32-19)33-38(3,34)35/h4-8,10,12-13H,9,11,15H2,1-3H3,(H,31,32,33). The second-order valence-corrected chi connectivity index (χ2v) is 10.9. The van der Waals surface area contributed by atoms with Crippen LogP contribution in [-0.4, -0.2) is 37.1 Å². The van der Waals surface area contributed by atoms with Gasteiger partial charge in [-0.15, -0.1) is 11.6 Å². The van der Waals surface area contributed by atoms with E-state index in [4.69, 9.17) is 21.1 Å². The number of aromatic nitrogens is 2. The van der Waals surface area contributed by atoms with Crippen molar-refractivity contribution in [2.75, 3.05) is 23.5 Å². The van der Waals surface area contributed by atoms with Gasteiger partial charge >= 0.3 is 6.18 Å². The molecule has 0 saturated heterocycles. The van der Waals surface area contributed by atoms with Crippen LogP contribution in [0.1, 0.15) is 41.8 Å². The molecule has 0 aliphatic carbocycles. The van der Waals surface area contributed by atoms with E-state index in [9.17, 15) is 26.9 Å². The van der Waals surface area contributed by atoms with Crippen LogP contribution in [0, 0.1) is 11.3 Å². The number of nitriles is 1. The van der Waals surface area contributed by atoms with Crippen LogP contribution in [-0.2, 0) is 28.2 Å². The number of hydrogen-bond donors (Lipinski definition) is 1. The fourth-order valence-corrected chi connectivity index (χ4v) is 4.07. The zero-order valence-corrected chi connectivity index (χ0v) is 22.2. The molecule has 0 aliphatic rings. The third-order valence-corrected chi connectivity index (χ3v) is 6.22. The zero-order valence-electron chi connectivity index (χ0n) is 20.6. The molecule has 1 N–H and O–H groups in total. The number of halogens is 4. The lowest BCUT2D eigenvalue weighted by atomic mass is 9.77. The molecule has 0 unspecified atom stereocenters. The monoisotopic (exact) mass is 568 g/mol. The first-order valence-electron chi connectivity index (χ1n) is 11.1. The summed E-state index contributed by atoms with van der Waals surface area (Å²) in [5.41, 5.74) is -0.802. The number of rotatable bonds is 10. The van der Waals surface area contributed by atoms with E-state index >= 15 is 0 Å². The Morgan fingerprint density at radius 3 is 2.34 bits per heavy atom. The highest BCUT2D eigenvalue weighted by molar-refractivity contribution is 7.91. The van der Waals surface area contributed by atoms with Crippen molar-refractivity contribution in [1.29, 1.82) is 5.26 Å². The highest BCUT2D eigenvalue weighted by Crippen LogP contribution is 2.43. The number of sulfonamides is 1. The minimum absolute atomic E-state index is 0.0218. The lowest BCUT2D eigenvalue weighted by molar-refractivity contribution is -0.139. The molecule has 0 radical (unpaired) electrons. The lowest BCUT2D eigenvalue weighted by Gasteiger charge is -2.28. The van der Waals surface area contributed by atoms with Gasteiger partial charge in [-0.05, 0) is 41.5 Å². The Kier molecular flexibility index (Phi) is 8.74. The molecule has 2 aromatic carbocycles. The second-order valence-electron chi connectivity index (χ2n) is 8.73. The lowest BCUT2D eigenvalue weighted by Crippen LogP contribution is -2.21. The van der Waals surface area contributed by atoms with Crippen LogP contribution in [0.2, 0.25) is 0 Å². The molecule has 202 valence electrons. The summed E-state index contributed by atoms with van der Waals surface area (Å²) in [5.74, 6) is -0.192. The quantitative estimate of drug-likeness (QED) is 0.332. The van der Waals surface area contributed by atoms with Gasteiger partial charge < -0.3 is 9.47 Å². The van der Waals surface area contributed by atoms with Crippen LogP contribution in [0.5, 0.6) is 11.5 Å². The number of benzene rings is 2. The van der Waals surface area contributed by atoms with Crippen LogP contribution < -0.4 is 14.2 Å². The molecule has 0 amide bonds. The fourth-order valence-electron chi connectivity index (χ4n) is 3.56. The van der Waals surface area contributed by atoms with E-state index in [2.05, 4.69) is 14.7 Å². The number of nitrogens with one attached hydrogen (secondary N) is 1. The fraction of sp³-hybridized carbons (Fsp3) is 0.320. The largest absolute Gasteiger partial charge is 0.490 e. The van der Waals surface area contributed by atoms with Crippen LogP contribution in [0.25, 0.3) is 0 Å². The van der Waals surface area contributed by atoms with Gasteiger partial charge in [-0.2, -0.15) is 18.4 Å². The van der Waals surface area contributed by atoms with Crippen molar-refractivity contribution < 1.29 is 31.1 Å². The molecule has 1 aromatic heterocycles. The molecule has 3 rings (SSSR count). The Hall–Kier alpha value is -3.56. The van der Waals surface area contributed by atoms with Crippen molar-refractivity contribution in [2.45, 2.75) is 32.0 Å². The molecule has 38 heavy (non-hydrogen) atoms. The molecule has 8 nitrogen and oxygen atoms in total. The molecule has 0 aliphatic heterocycles. The highest BCUT2D eigenvalue weighted by Gasteiger charge is 2.38. The first-order chi connectivity index (χ1) is 17.7. The van der Waals surface area contributed by atoms with Crippen molar-refractivity contribution in [1.82, 2.24) is 9.97 Å². The van der Waals surface area contributed by atoms with Crippen molar-refractivity contribution in [3.63, 3.8) is 0 Å². The van der Waals surface area contributed by atoms with Gasteiger partial charge in [0.1, 0.15) is 30.8 Å². The number of alkyl halides is 4. The molecular weight excluding hydrogens is 545 g/mol. The summed E-state index contributed by atoms with van der Waals surface area (Å²) in [7, 11) is -3.53. The summed E-state index contributed by atoms with van der Waals surface area (Å²) < 4.78 is 77.4. The molecule has 13 heteroatoms. The SMILES string of the molecule is CC(C)(c1ccc(OCc2ccnc(NS(C)(=O)=O)n2)cc1)c1cc(C#N)c(OCCCl)c(C(F)(F)F)c1. The summed E-state index contributed by atoms with van der Waals surface area (Å²) in [6.45, 7) is 3.34. The Bertz CT molecular complexity index is 1440. The van der Waals surface area contributed by atoms with E-state index in [0.717, 1.165) is 12.3 Å². The van der Waals surface area contributed by atoms with E-state index in [1.54, 1.807) is 50.2 Å². The first-order valence-corrected chi connectivity index (χ1v) is 13.5. The minimum atomic E-state index is -4.74. The molecule has 0 fully saturated rings. The van der Waals surface area contributed by atoms with Crippen LogP contribution in [0.3, 0.4) is 0 Å². The predicted molar refractivity (Wildman–Crippen MR) is 136 cm³/mol. The maximum Gasteiger partial charge on any atom is 0.420 e. The normalized spacial score (nSPS) is 12.1. The second kappa shape index (κ2) is 11.4. The molecule has 1 heterocycles. The van der Waals surface area contributed by atoms with Gasteiger partial charge in [-0.25, -0.2) is 18.4 Å². The van der Waals surface area contributed by atoms with Gasteiger partial charge in [0.15, 0.2) is 0 Å². The van der Waals surface area contributed by atoms with Gasteiger partial charge in [0.05, 0.1) is 29.0 Å². The van der Waals surface area contributed by atoms with Gasteiger partial charge in [0.25, 0.3) is 0 Å². The van der Waals surface area contributed by atoms with Crippen molar-refractivity contribution in [3.05, 3.63) is 76.6 Å². The number of ether oxygens (including phenoxy) is 2. The molecule has 0 atom stereocenters. The summed E-state index contributed by atoms with van der Waals surface area (Å²) in [5, 5.41) is 9.54. The Morgan fingerprint density at radius 2 is 1.76 bits per heavy atom. The summed E-state index contributed by atoms with van der Waals surface area (Å²) in [6, 6.07) is 12.5. The smallest absolute Gasteiger partial charge is 0.420 e. The van der Waals surface area contributed by atoms with Crippen LogP contribution >= 0.6 is 11.6 Å². The van der Waals surface area contributed by atoms with E-state index in [-0.39, 0.29) is 36.2 Å². The van der Waals surface area contributed by atoms with E-state index in [1.165, 1.54) is 12.3 Å². The van der Waals surface area contributed by atoms with Gasteiger partial charge in [0.2, 0.25) is 16.0 Å². The molecule has 3 aromatic rings. The third-order valence-electron chi connectivity index (χ3n) is 5.51. The van der Waals surface area contributed by atoms with Gasteiger partial charge in [-0.3, -0.25) is 4.72 Å². The van der Waals surface area contributed by atoms with Crippen molar-refractivity contribution in [2.24, 2.45) is 0 Å². The van der Waals surface area contributed by atoms with E-state index < -0.39 is 32.9 Å². The maximum absolute atomic E-state index is 13.9. The van der Waals surface area contributed by atoms with Crippen molar-refractivity contribution in [3.8, 4) is 17.6 Å². The number of nitrogens with zero attached hydrogens (tertiary/aromatic N) is 3. The Morgan fingerprint density at radius 1 is 1.08 bits per heavy atom. The topological polar surface area (TPSA) is 114 Å². The Balaban J connectivity index is 1.84. The third kappa shape index (κ3) is 7.26. The van der Waals surface area contributed by atoms with E-state index in [0.29, 0.717) is 17.0 Å². The molecule has 0 bridgehead atoms. The average molecular weight is 569 g/mol. The minimum Gasteiger partial charge on any atom is -0.490 e. The maximum atomic E-state index is 13.9. The van der Waals surface area contributed by atoms with Crippen molar-refractivity contribution >= 4 is 27.6 Å². The molecule has 0 spiro atoms. The zero-order chi connectivity index (χ0) is 28.1. The van der Waals surface area contributed by atoms with Crippen LogP contribution in [0.4, 0.5) is 19.1 Å². The van der Waals surface area contributed by atoms with Gasteiger partial charge in [-0.1, -0.05) is 26.0 Å². The molecular formula is C25H24ClF3N4O4S. The predicted octanol–water partition coefficient (Wildman–Crippen LogP) is 5.26. The molecule has 0 saturated carbocycles. The number of hydrogen-bond acceptors (Lipinski definition) is 7. The average Bonchev–Trinajstić information content (AvgIpc) is 2.84. The summed E-state index contributed by atoms with van der Waals surface area (Å²) in [4.78, 5) is 7.92. The van der Waals surface area contributed by atoms with Crippen LogP contribution in [0.15, 0.2) is 48.7 Å². The highest BCUT2D eigenvalue weighted by atomic mass is 35.5. The van der Waals surface area contributed by atoms with Gasteiger partial charge in [0, 0.05) is 11.6 Å². The number of anilines is 1. The Labute approximate surface area is 223 Å².